The summed E-state index contributed by atoms with van der Waals surface area (Å²) in [6.45, 7) is 1.24. The normalized spacial score (nSPS) is 24.6. The van der Waals surface area contributed by atoms with Gasteiger partial charge in [-0.1, -0.05) is 24.3 Å². The summed E-state index contributed by atoms with van der Waals surface area (Å²) in [5, 5.41) is 0. The molecule has 3 rings (SSSR count). The Morgan fingerprint density at radius 2 is 1.75 bits per heavy atom. The molecule has 4 nitrogen and oxygen atoms in total. The Morgan fingerprint density at radius 3 is 2.25 bits per heavy atom. The molecule has 1 fully saturated rings. The van der Waals surface area contributed by atoms with Gasteiger partial charge in [0.1, 0.15) is 0 Å². The van der Waals surface area contributed by atoms with Crippen molar-refractivity contribution in [3.8, 4) is 0 Å². The lowest BCUT2D eigenvalue weighted by Gasteiger charge is -2.17. The SMILES string of the molecule is O=C1COC(=O)C1N1Cc2ccccc2C1. The topological polar surface area (TPSA) is 46.6 Å². The van der Waals surface area contributed by atoms with Gasteiger partial charge in [0.05, 0.1) is 0 Å². The van der Waals surface area contributed by atoms with E-state index in [9.17, 15) is 9.59 Å². The summed E-state index contributed by atoms with van der Waals surface area (Å²) in [4.78, 5) is 24.9. The first-order chi connectivity index (χ1) is 7.75. The van der Waals surface area contributed by atoms with Crippen LogP contribution >= 0.6 is 0 Å². The second-order valence-corrected chi connectivity index (χ2v) is 4.15. The van der Waals surface area contributed by atoms with Gasteiger partial charge >= 0.3 is 5.97 Å². The highest BCUT2D eigenvalue weighted by Gasteiger charge is 2.41. The highest BCUT2D eigenvalue weighted by Crippen LogP contribution is 2.26. The van der Waals surface area contributed by atoms with E-state index in [0.29, 0.717) is 13.1 Å². The number of carbonyl (C=O) groups excluding carboxylic acids is 2. The molecule has 0 amide bonds. The molecular weight excluding hydrogens is 206 g/mol. The molecule has 0 aromatic heterocycles. The number of Topliss-reactive ketones (excluding diaryl/α,β-unsaturated/α-hetero) is 1. The predicted molar refractivity (Wildman–Crippen MR) is 55.4 cm³/mol. The maximum atomic E-state index is 11.5. The number of hydrogen-bond donors (Lipinski definition) is 0. The van der Waals surface area contributed by atoms with Gasteiger partial charge in [0, 0.05) is 13.1 Å². The Balaban J connectivity index is 1.86. The molecule has 1 unspecified atom stereocenters. The highest BCUT2D eigenvalue weighted by molar-refractivity contribution is 6.08. The largest absolute Gasteiger partial charge is 0.456 e. The van der Waals surface area contributed by atoms with Gasteiger partial charge < -0.3 is 4.74 Å². The van der Waals surface area contributed by atoms with Crippen molar-refractivity contribution < 1.29 is 14.3 Å². The molecule has 2 heterocycles. The van der Waals surface area contributed by atoms with Crippen LogP contribution in [0.3, 0.4) is 0 Å². The number of ketones is 1. The Labute approximate surface area is 92.8 Å². The molecule has 2 aliphatic heterocycles. The molecule has 0 saturated carbocycles. The lowest BCUT2D eigenvalue weighted by molar-refractivity contribution is -0.142. The number of benzene rings is 1. The van der Waals surface area contributed by atoms with Crippen molar-refractivity contribution in [2.45, 2.75) is 19.1 Å². The molecule has 1 saturated heterocycles. The molecule has 4 heteroatoms. The molecule has 0 spiro atoms. The summed E-state index contributed by atoms with van der Waals surface area (Å²) in [5.41, 5.74) is 2.38. The van der Waals surface area contributed by atoms with Gasteiger partial charge in [0.15, 0.2) is 18.4 Å². The minimum atomic E-state index is -0.688. The molecule has 0 radical (unpaired) electrons. The van der Waals surface area contributed by atoms with Crippen molar-refractivity contribution in [2.75, 3.05) is 6.61 Å². The number of rotatable bonds is 1. The van der Waals surface area contributed by atoms with Gasteiger partial charge in [-0.3, -0.25) is 9.69 Å². The first kappa shape index (κ1) is 9.54. The van der Waals surface area contributed by atoms with Crippen molar-refractivity contribution in [2.24, 2.45) is 0 Å². The molecule has 0 N–H and O–H groups in total. The summed E-state index contributed by atoms with van der Waals surface area (Å²) in [5.74, 6) is -0.532. The van der Waals surface area contributed by atoms with E-state index in [2.05, 4.69) is 0 Å². The smallest absolute Gasteiger partial charge is 0.331 e. The van der Waals surface area contributed by atoms with Crippen LogP contribution in [-0.4, -0.2) is 29.3 Å². The summed E-state index contributed by atoms with van der Waals surface area (Å²) in [6.07, 6.45) is 0. The molecule has 1 atom stereocenters. The Kier molecular flexibility index (Phi) is 2.04. The van der Waals surface area contributed by atoms with E-state index in [1.165, 1.54) is 11.1 Å². The van der Waals surface area contributed by atoms with E-state index in [0.717, 1.165) is 0 Å². The number of hydrogen-bond acceptors (Lipinski definition) is 4. The van der Waals surface area contributed by atoms with Gasteiger partial charge in [-0.05, 0) is 11.1 Å². The van der Waals surface area contributed by atoms with Gasteiger partial charge in [0.25, 0.3) is 0 Å². The Morgan fingerprint density at radius 1 is 1.12 bits per heavy atom. The Hall–Kier alpha value is -1.68. The predicted octanol–water partition coefficient (Wildman–Crippen LogP) is 0.497. The molecule has 16 heavy (non-hydrogen) atoms. The fourth-order valence-electron chi connectivity index (χ4n) is 2.33. The maximum absolute atomic E-state index is 11.5. The van der Waals surface area contributed by atoms with E-state index in [1.807, 2.05) is 29.2 Å². The zero-order chi connectivity index (χ0) is 11.1. The van der Waals surface area contributed by atoms with Crippen LogP contribution < -0.4 is 0 Å². The lowest BCUT2D eigenvalue weighted by Crippen LogP contribution is -2.39. The summed E-state index contributed by atoms with van der Waals surface area (Å²) >= 11 is 0. The fourth-order valence-corrected chi connectivity index (χ4v) is 2.33. The molecule has 0 aliphatic carbocycles. The quantitative estimate of drug-likeness (QED) is 0.507. The van der Waals surface area contributed by atoms with Gasteiger partial charge in [0.2, 0.25) is 0 Å². The number of nitrogens with zero attached hydrogens (tertiary/aromatic N) is 1. The highest BCUT2D eigenvalue weighted by atomic mass is 16.5. The number of ether oxygens (including phenoxy) is 1. The number of fused-ring (bicyclic) bond motifs is 1. The van der Waals surface area contributed by atoms with Crippen molar-refractivity contribution in [1.82, 2.24) is 4.90 Å². The summed E-state index contributed by atoms with van der Waals surface area (Å²) in [7, 11) is 0. The molecule has 2 aliphatic rings. The average molecular weight is 217 g/mol. The van der Waals surface area contributed by atoms with Gasteiger partial charge in [-0.25, -0.2) is 4.79 Å². The van der Waals surface area contributed by atoms with Crippen LogP contribution in [0.2, 0.25) is 0 Å². The van der Waals surface area contributed by atoms with Crippen LogP contribution in [0.15, 0.2) is 24.3 Å². The van der Waals surface area contributed by atoms with Crippen molar-refractivity contribution >= 4 is 11.8 Å². The zero-order valence-electron chi connectivity index (χ0n) is 8.68. The van der Waals surface area contributed by atoms with Crippen molar-refractivity contribution in [3.63, 3.8) is 0 Å². The summed E-state index contributed by atoms with van der Waals surface area (Å²) < 4.78 is 4.76. The zero-order valence-corrected chi connectivity index (χ0v) is 8.68. The molecule has 0 bridgehead atoms. The molecule has 1 aromatic carbocycles. The number of cyclic esters (lactones) is 1. The van der Waals surface area contributed by atoms with E-state index >= 15 is 0 Å². The van der Waals surface area contributed by atoms with Gasteiger partial charge in [-0.2, -0.15) is 0 Å². The molecule has 82 valence electrons. The maximum Gasteiger partial charge on any atom is 0.331 e. The average Bonchev–Trinajstić information content (AvgIpc) is 2.82. The van der Waals surface area contributed by atoms with E-state index in [1.54, 1.807) is 0 Å². The minimum Gasteiger partial charge on any atom is -0.456 e. The van der Waals surface area contributed by atoms with Crippen LogP contribution in [0.5, 0.6) is 0 Å². The van der Waals surface area contributed by atoms with Crippen molar-refractivity contribution in [1.29, 1.82) is 0 Å². The third-order valence-corrected chi connectivity index (χ3v) is 3.12. The third-order valence-electron chi connectivity index (χ3n) is 3.12. The van der Waals surface area contributed by atoms with E-state index in [-0.39, 0.29) is 12.4 Å². The van der Waals surface area contributed by atoms with Crippen LogP contribution in [0, 0.1) is 0 Å². The first-order valence-electron chi connectivity index (χ1n) is 5.26. The Bertz CT molecular complexity index is 428. The monoisotopic (exact) mass is 217 g/mol. The molecule has 1 aromatic rings. The van der Waals surface area contributed by atoms with Crippen LogP contribution in [-0.2, 0) is 27.4 Å². The van der Waals surface area contributed by atoms with E-state index in [4.69, 9.17) is 4.74 Å². The summed E-state index contributed by atoms with van der Waals surface area (Å²) in [6, 6.07) is 7.31. The number of carbonyl (C=O) groups is 2. The van der Waals surface area contributed by atoms with Crippen LogP contribution in [0.1, 0.15) is 11.1 Å². The second kappa shape index (κ2) is 3.42. The van der Waals surface area contributed by atoms with E-state index < -0.39 is 12.0 Å². The number of esters is 1. The lowest BCUT2D eigenvalue weighted by atomic mass is 10.1. The standard InChI is InChI=1S/C12H11NO3/c14-10-7-16-12(15)11(10)13-5-8-3-1-2-4-9(8)6-13/h1-4,11H,5-7H2. The minimum absolute atomic E-state index is 0.0731. The van der Waals surface area contributed by atoms with Crippen molar-refractivity contribution in [3.05, 3.63) is 35.4 Å². The fraction of sp³-hybridized carbons (Fsp3) is 0.333. The molecular formula is C12H11NO3. The second-order valence-electron chi connectivity index (χ2n) is 4.15. The van der Waals surface area contributed by atoms with Crippen LogP contribution in [0.4, 0.5) is 0 Å². The van der Waals surface area contributed by atoms with Crippen LogP contribution in [0.25, 0.3) is 0 Å². The first-order valence-corrected chi connectivity index (χ1v) is 5.26. The third kappa shape index (κ3) is 1.34. The van der Waals surface area contributed by atoms with Gasteiger partial charge in [-0.15, -0.1) is 0 Å².